The Kier molecular flexibility index (Phi) is 11.7. The summed E-state index contributed by atoms with van der Waals surface area (Å²) in [5, 5.41) is 46.9. The summed E-state index contributed by atoms with van der Waals surface area (Å²) in [6.45, 7) is -1.34. The van der Waals surface area contributed by atoms with Crippen molar-refractivity contribution in [2.45, 2.75) is 38.4 Å². The zero-order chi connectivity index (χ0) is 38.1. The number of imide groups is 1. The smallest absolute Gasteiger partial charge is 0.457 e. The van der Waals surface area contributed by atoms with Crippen LogP contribution in [0, 0.1) is 30.3 Å². The van der Waals surface area contributed by atoms with E-state index in [4.69, 9.17) is 14.2 Å². The predicted octanol–water partition coefficient (Wildman–Crippen LogP) is 5.80. The molecule has 0 aromatic heterocycles. The molecule has 1 aliphatic heterocycles. The molecule has 0 bridgehead atoms. The van der Waals surface area contributed by atoms with Crippen molar-refractivity contribution in [2.75, 3.05) is 18.4 Å². The van der Waals surface area contributed by atoms with Gasteiger partial charge in [0.2, 0.25) is 0 Å². The molecule has 5 rings (SSSR count). The molecule has 0 saturated carbocycles. The molecule has 1 saturated heterocycles. The van der Waals surface area contributed by atoms with Gasteiger partial charge in [-0.25, -0.2) is 4.79 Å². The topological polar surface area (TPSA) is 241 Å². The number of hydrogen-bond donors (Lipinski definition) is 2. The van der Waals surface area contributed by atoms with E-state index in [1.807, 2.05) is 0 Å². The lowest BCUT2D eigenvalue weighted by Crippen LogP contribution is -2.62. The number of nitrogens with zero attached hydrogens (tertiary/aromatic N) is 4. The molecular weight excluding hydrogens is 698 g/mol. The molecule has 53 heavy (non-hydrogen) atoms. The molecule has 4 aromatic rings. The van der Waals surface area contributed by atoms with Crippen LogP contribution < -0.4 is 5.32 Å². The van der Waals surface area contributed by atoms with Gasteiger partial charge in [-0.05, 0) is 71.3 Å². The number of aliphatic hydroxyl groups excluding tert-OH is 1. The first kappa shape index (κ1) is 37.5. The van der Waals surface area contributed by atoms with Gasteiger partial charge in [0.25, 0.3) is 17.1 Å². The van der Waals surface area contributed by atoms with Crippen molar-refractivity contribution < 1.29 is 53.0 Å². The molecule has 0 unspecified atom stereocenters. The number of quaternary nitrogens is 1. The van der Waals surface area contributed by atoms with Crippen molar-refractivity contribution in [1.82, 2.24) is 0 Å². The van der Waals surface area contributed by atoms with Gasteiger partial charge in [0, 0.05) is 48.5 Å². The number of rotatable bonds is 13. The van der Waals surface area contributed by atoms with Gasteiger partial charge in [-0.15, -0.1) is 4.48 Å². The maximum Gasteiger partial charge on any atom is 0.527 e. The molecule has 1 heterocycles. The summed E-state index contributed by atoms with van der Waals surface area (Å²) in [4.78, 5) is 71.8. The molecule has 18 heteroatoms. The van der Waals surface area contributed by atoms with E-state index in [1.54, 1.807) is 12.1 Å². The Morgan fingerprint density at radius 1 is 0.679 bits per heavy atom. The number of likely N-dealkylation sites (tertiary alicyclic amines) is 1. The highest BCUT2D eigenvalue weighted by Crippen LogP contribution is 2.32. The molecule has 1 aliphatic rings. The molecule has 18 nitrogen and oxygen atoms in total. The predicted molar refractivity (Wildman–Crippen MR) is 183 cm³/mol. The van der Waals surface area contributed by atoms with E-state index in [0.717, 1.165) is 0 Å². The van der Waals surface area contributed by atoms with Gasteiger partial charge in [0.15, 0.2) is 0 Å². The summed E-state index contributed by atoms with van der Waals surface area (Å²) in [7, 11) is 0. The molecule has 0 radical (unpaired) electrons. The average Bonchev–Trinajstić information content (AvgIpc) is 3.51. The van der Waals surface area contributed by atoms with Crippen LogP contribution in [0.2, 0.25) is 0 Å². The summed E-state index contributed by atoms with van der Waals surface area (Å²) in [5.74, 6) is -0.682. The number of nitro benzene ring substituents is 3. The second-order valence-electron chi connectivity index (χ2n) is 12.0. The van der Waals surface area contributed by atoms with Gasteiger partial charge in [0.1, 0.15) is 38.5 Å². The second kappa shape index (κ2) is 16.5. The number of hydrogen-bond acceptors (Lipinski definition) is 14. The van der Waals surface area contributed by atoms with Gasteiger partial charge in [0.05, 0.1) is 26.9 Å². The highest BCUT2D eigenvalue weighted by Gasteiger charge is 2.60. The Hall–Kier alpha value is -6.79. The van der Waals surface area contributed by atoms with Crippen LogP contribution in [0.25, 0.3) is 0 Å². The molecule has 4 aromatic carbocycles. The van der Waals surface area contributed by atoms with Gasteiger partial charge in [-0.1, -0.05) is 6.07 Å². The summed E-state index contributed by atoms with van der Waals surface area (Å²) in [6.07, 6.45) is -3.28. The third kappa shape index (κ3) is 9.12. The lowest BCUT2D eigenvalue weighted by molar-refractivity contribution is -0.798. The SMILES string of the molecule is O=C(OCc1ccc([N+](=O)[O-])cc1)c1cccc(NC[C@@H]2C[C@@H](O)C[N+]2(C(=O)OCc2ccc([N+](=O)[O-])cc2)C(=O)OCc2ccc([N+](=O)[O-])cc2)c1. The number of nitro groups is 3. The summed E-state index contributed by atoms with van der Waals surface area (Å²) in [6, 6.07) is 21.3. The number of carbonyl (C=O) groups excluding carboxylic acids is 3. The van der Waals surface area contributed by atoms with Crippen molar-refractivity contribution in [3.63, 3.8) is 0 Å². The number of nitrogens with one attached hydrogen (secondary N) is 1. The van der Waals surface area contributed by atoms with Crippen LogP contribution in [0.4, 0.5) is 32.3 Å². The highest BCUT2D eigenvalue weighted by molar-refractivity contribution is 5.90. The third-order valence-corrected chi connectivity index (χ3v) is 8.49. The van der Waals surface area contributed by atoms with Crippen molar-refractivity contribution in [1.29, 1.82) is 0 Å². The quantitative estimate of drug-likeness (QED) is 0.0543. The number of esters is 1. The van der Waals surface area contributed by atoms with E-state index in [-0.39, 0.29) is 55.4 Å². The standard InChI is InChI=1S/C35H32N5O13/c41-32-17-31(18-36-27-3-1-2-26(16-27)33(42)51-20-23-4-10-28(11-5-23)37(45)46)40(19-32,34(43)52-21-24-6-12-29(13-7-24)38(47)48)35(44)53-22-25-8-14-30(15-9-25)39(49)50/h1-16,31-32,36,41H,17-22H2/q+1/t31-,32+/m0/s1. The van der Waals surface area contributed by atoms with Crippen LogP contribution in [0.3, 0.4) is 0 Å². The van der Waals surface area contributed by atoms with E-state index in [2.05, 4.69) is 5.32 Å². The number of benzene rings is 4. The van der Waals surface area contributed by atoms with Crippen LogP contribution in [0.1, 0.15) is 33.5 Å². The summed E-state index contributed by atoms with van der Waals surface area (Å²) >= 11 is 0. The van der Waals surface area contributed by atoms with Crippen molar-refractivity contribution in [3.05, 3.63) is 150 Å². The van der Waals surface area contributed by atoms with Crippen LogP contribution in [-0.4, -0.2) is 67.8 Å². The Labute approximate surface area is 300 Å². The number of ether oxygens (including phenoxy) is 3. The van der Waals surface area contributed by atoms with Gasteiger partial charge in [-0.3, -0.25) is 30.3 Å². The number of aliphatic hydroxyl groups is 1. The summed E-state index contributed by atoms with van der Waals surface area (Å²) < 4.78 is 15.4. The molecule has 0 aliphatic carbocycles. The normalized spacial score (nSPS) is 15.9. The van der Waals surface area contributed by atoms with Gasteiger partial charge < -0.3 is 24.6 Å². The lowest BCUT2D eigenvalue weighted by atomic mass is 10.1. The summed E-state index contributed by atoms with van der Waals surface area (Å²) in [5.41, 5.74) is 1.45. The van der Waals surface area contributed by atoms with Crippen molar-refractivity contribution >= 4 is 40.9 Å². The maximum absolute atomic E-state index is 13.9. The van der Waals surface area contributed by atoms with E-state index in [1.165, 1.54) is 84.9 Å². The molecule has 2 amide bonds. The number of carbonyl (C=O) groups is 3. The Morgan fingerprint density at radius 2 is 1.11 bits per heavy atom. The zero-order valence-electron chi connectivity index (χ0n) is 27.8. The first-order valence-electron chi connectivity index (χ1n) is 16.0. The minimum absolute atomic E-state index is 0.0385. The van der Waals surface area contributed by atoms with E-state index < -0.39 is 56.1 Å². The first-order chi connectivity index (χ1) is 25.3. The largest absolute Gasteiger partial charge is 0.527 e. The van der Waals surface area contributed by atoms with Crippen LogP contribution >= 0.6 is 0 Å². The minimum atomic E-state index is -1.14. The fourth-order valence-electron chi connectivity index (χ4n) is 5.70. The van der Waals surface area contributed by atoms with Crippen LogP contribution in [-0.2, 0) is 34.0 Å². The number of anilines is 1. The number of amides is 2. The zero-order valence-corrected chi connectivity index (χ0v) is 27.8. The molecule has 2 N–H and O–H groups in total. The molecule has 1 fully saturated rings. The Morgan fingerprint density at radius 3 is 1.55 bits per heavy atom. The first-order valence-corrected chi connectivity index (χ1v) is 16.0. The fraction of sp³-hybridized carbons (Fsp3) is 0.229. The average molecular weight is 731 g/mol. The Balaban J connectivity index is 1.31. The van der Waals surface area contributed by atoms with E-state index >= 15 is 0 Å². The molecule has 2 atom stereocenters. The van der Waals surface area contributed by atoms with Crippen molar-refractivity contribution in [3.8, 4) is 0 Å². The Bertz CT molecular complexity index is 1930. The second-order valence-corrected chi connectivity index (χ2v) is 12.0. The van der Waals surface area contributed by atoms with Gasteiger partial charge >= 0.3 is 18.2 Å². The lowest BCUT2D eigenvalue weighted by Gasteiger charge is -2.32. The van der Waals surface area contributed by atoms with E-state index in [9.17, 15) is 49.8 Å². The molecule has 274 valence electrons. The van der Waals surface area contributed by atoms with Gasteiger partial charge in [-0.2, -0.15) is 9.59 Å². The maximum atomic E-state index is 13.9. The third-order valence-electron chi connectivity index (χ3n) is 8.49. The van der Waals surface area contributed by atoms with Crippen LogP contribution in [0.15, 0.2) is 97.1 Å². The fourth-order valence-corrected chi connectivity index (χ4v) is 5.70. The monoisotopic (exact) mass is 730 g/mol. The van der Waals surface area contributed by atoms with E-state index in [0.29, 0.717) is 22.4 Å². The minimum Gasteiger partial charge on any atom is -0.457 e. The number of non-ortho nitro benzene ring substituents is 3. The highest BCUT2D eigenvalue weighted by atomic mass is 16.6. The van der Waals surface area contributed by atoms with Crippen LogP contribution in [0.5, 0.6) is 0 Å². The molecular formula is C35H32N5O13+. The molecule has 0 spiro atoms. The van der Waals surface area contributed by atoms with Crippen molar-refractivity contribution in [2.24, 2.45) is 0 Å².